The standard InChI is InChI=1S/C7H14N4S/c1-5(7(2,3)4)11-6(12)8-9-10-11/h5H,1-4H3,(H,8,10,12). The fraction of sp³-hybridized carbons (Fsp3) is 0.857. The molecular formula is C7H14N4S. The predicted octanol–water partition coefficient (Wildman–Crippen LogP) is 1.94. The molecule has 1 unspecified atom stereocenters. The summed E-state index contributed by atoms with van der Waals surface area (Å²) in [5.41, 5.74) is 0.159. The molecule has 68 valence electrons. The highest BCUT2D eigenvalue weighted by atomic mass is 32.1. The first-order chi connectivity index (χ1) is 5.43. The van der Waals surface area contributed by atoms with Gasteiger partial charge in [-0.15, -0.1) is 0 Å². The third kappa shape index (κ3) is 1.72. The summed E-state index contributed by atoms with van der Waals surface area (Å²) in [5, 5.41) is 10.1. The second-order valence-electron chi connectivity index (χ2n) is 3.99. The van der Waals surface area contributed by atoms with Crippen molar-refractivity contribution in [2.75, 3.05) is 0 Å². The van der Waals surface area contributed by atoms with Crippen LogP contribution in [0.1, 0.15) is 33.7 Å². The SMILES string of the molecule is CC(n1[nH]nnc1=S)C(C)(C)C. The number of hydrogen-bond acceptors (Lipinski definition) is 3. The number of tetrazole rings is 1. The molecule has 1 heterocycles. The van der Waals surface area contributed by atoms with E-state index in [2.05, 4.69) is 43.2 Å². The van der Waals surface area contributed by atoms with Crippen molar-refractivity contribution in [2.45, 2.75) is 33.7 Å². The lowest BCUT2D eigenvalue weighted by atomic mass is 9.88. The first kappa shape index (κ1) is 9.38. The van der Waals surface area contributed by atoms with Gasteiger partial charge in [0.2, 0.25) is 4.77 Å². The first-order valence-corrected chi connectivity index (χ1v) is 4.33. The molecule has 0 amide bonds. The van der Waals surface area contributed by atoms with Crippen LogP contribution >= 0.6 is 12.2 Å². The molecule has 1 aromatic rings. The van der Waals surface area contributed by atoms with E-state index in [1.807, 2.05) is 0 Å². The molecule has 5 heteroatoms. The summed E-state index contributed by atoms with van der Waals surface area (Å²) in [5.74, 6) is 0. The first-order valence-electron chi connectivity index (χ1n) is 3.92. The zero-order valence-electron chi connectivity index (χ0n) is 7.83. The van der Waals surface area contributed by atoms with E-state index in [0.29, 0.717) is 4.77 Å². The predicted molar refractivity (Wildman–Crippen MR) is 49.4 cm³/mol. The molecule has 1 aromatic heterocycles. The van der Waals surface area contributed by atoms with Crippen LogP contribution in [0.2, 0.25) is 0 Å². The van der Waals surface area contributed by atoms with E-state index in [1.165, 1.54) is 0 Å². The van der Waals surface area contributed by atoms with Crippen molar-refractivity contribution in [2.24, 2.45) is 5.41 Å². The molecule has 0 aromatic carbocycles. The normalized spacial score (nSPS) is 14.7. The van der Waals surface area contributed by atoms with Crippen LogP contribution in [0.3, 0.4) is 0 Å². The van der Waals surface area contributed by atoms with Crippen molar-refractivity contribution in [3.8, 4) is 0 Å². The Morgan fingerprint density at radius 2 is 2.08 bits per heavy atom. The highest BCUT2D eigenvalue weighted by Gasteiger charge is 2.22. The van der Waals surface area contributed by atoms with Gasteiger partial charge in [-0.25, -0.2) is 4.68 Å². The molecule has 0 bridgehead atoms. The number of nitrogens with zero attached hydrogens (tertiary/aromatic N) is 3. The van der Waals surface area contributed by atoms with Gasteiger partial charge in [-0.1, -0.05) is 31.1 Å². The van der Waals surface area contributed by atoms with Crippen LogP contribution in [0.25, 0.3) is 0 Å². The van der Waals surface area contributed by atoms with Crippen LogP contribution < -0.4 is 0 Å². The third-order valence-electron chi connectivity index (χ3n) is 2.13. The molecule has 0 aliphatic heterocycles. The molecule has 0 aliphatic rings. The maximum absolute atomic E-state index is 4.99. The minimum atomic E-state index is 0.159. The molecule has 0 fully saturated rings. The molecule has 0 saturated heterocycles. The van der Waals surface area contributed by atoms with Gasteiger partial charge < -0.3 is 0 Å². The maximum Gasteiger partial charge on any atom is 0.238 e. The summed E-state index contributed by atoms with van der Waals surface area (Å²) >= 11 is 4.99. The monoisotopic (exact) mass is 186 g/mol. The molecule has 1 rings (SSSR count). The Morgan fingerprint density at radius 1 is 1.50 bits per heavy atom. The maximum atomic E-state index is 4.99. The van der Waals surface area contributed by atoms with Gasteiger partial charge in [0, 0.05) is 0 Å². The minimum absolute atomic E-state index is 0.159. The van der Waals surface area contributed by atoms with Gasteiger partial charge in [0.05, 0.1) is 6.04 Å². The topological polar surface area (TPSA) is 46.5 Å². The molecule has 1 N–H and O–H groups in total. The summed E-state index contributed by atoms with van der Waals surface area (Å²) < 4.78 is 2.31. The average molecular weight is 186 g/mol. The van der Waals surface area contributed by atoms with Crippen molar-refractivity contribution in [1.82, 2.24) is 20.2 Å². The van der Waals surface area contributed by atoms with Gasteiger partial charge in [-0.3, -0.25) is 0 Å². The second kappa shape index (κ2) is 2.97. The molecule has 4 nitrogen and oxygen atoms in total. The number of H-pyrrole nitrogens is 1. The fourth-order valence-corrected chi connectivity index (χ4v) is 1.08. The van der Waals surface area contributed by atoms with Gasteiger partial charge in [0.15, 0.2) is 0 Å². The Kier molecular flexibility index (Phi) is 2.32. The number of aromatic amines is 1. The van der Waals surface area contributed by atoms with E-state index in [4.69, 9.17) is 12.2 Å². The third-order valence-corrected chi connectivity index (χ3v) is 2.41. The van der Waals surface area contributed by atoms with Crippen molar-refractivity contribution >= 4 is 12.2 Å². The van der Waals surface area contributed by atoms with Crippen LogP contribution in [-0.2, 0) is 0 Å². The van der Waals surface area contributed by atoms with Crippen molar-refractivity contribution < 1.29 is 0 Å². The lowest BCUT2D eigenvalue weighted by Crippen LogP contribution is -2.22. The average Bonchev–Trinajstić information content (AvgIpc) is 2.31. The van der Waals surface area contributed by atoms with E-state index >= 15 is 0 Å². The van der Waals surface area contributed by atoms with Gasteiger partial charge >= 0.3 is 0 Å². The minimum Gasteiger partial charge on any atom is -0.239 e. The Hall–Kier alpha value is -0.710. The Labute approximate surface area is 77.0 Å². The van der Waals surface area contributed by atoms with E-state index in [0.717, 1.165) is 0 Å². The van der Waals surface area contributed by atoms with E-state index in [9.17, 15) is 0 Å². The largest absolute Gasteiger partial charge is 0.239 e. The molecular weight excluding hydrogens is 172 g/mol. The van der Waals surface area contributed by atoms with E-state index < -0.39 is 0 Å². The van der Waals surface area contributed by atoms with Crippen LogP contribution in [0.5, 0.6) is 0 Å². The molecule has 0 saturated carbocycles. The summed E-state index contributed by atoms with van der Waals surface area (Å²) in [6.07, 6.45) is 0. The van der Waals surface area contributed by atoms with E-state index in [-0.39, 0.29) is 11.5 Å². The van der Waals surface area contributed by atoms with Crippen molar-refractivity contribution in [1.29, 1.82) is 0 Å². The highest BCUT2D eigenvalue weighted by molar-refractivity contribution is 7.71. The summed E-state index contributed by atoms with van der Waals surface area (Å²) in [6.45, 7) is 8.55. The number of rotatable bonds is 1. The molecule has 0 spiro atoms. The van der Waals surface area contributed by atoms with Gasteiger partial charge in [0.1, 0.15) is 0 Å². The molecule has 12 heavy (non-hydrogen) atoms. The summed E-state index contributed by atoms with van der Waals surface area (Å²) in [4.78, 5) is 0. The smallest absolute Gasteiger partial charge is 0.238 e. The second-order valence-corrected chi connectivity index (χ2v) is 4.36. The summed E-state index contributed by atoms with van der Waals surface area (Å²) in [6, 6.07) is 0.278. The van der Waals surface area contributed by atoms with Gasteiger partial charge in [-0.2, -0.15) is 5.21 Å². The summed E-state index contributed by atoms with van der Waals surface area (Å²) in [7, 11) is 0. The zero-order valence-corrected chi connectivity index (χ0v) is 8.64. The van der Waals surface area contributed by atoms with Gasteiger partial charge in [0.25, 0.3) is 0 Å². The van der Waals surface area contributed by atoms with Crippen molar-refractivity contribution in [3.63, 3.8) is 0 Å². The molecule has 0 radical (unpaired) electrons. The number of nitrogens with one attached hydrogen (secondary N) is 1. The van der Waals surface area contributed by atoms with Gasteiger partial charge in [-0.05, 0) is 24.6 Å². The Balaban J connectivity index is 3.01. The zero-order chi connectivity index (χ0) is 9.35. The Morgan fingerprint density at radius 3 is 2.42 bits per heavy atom. The van der Waals surface area contributed by atoms with Crippen LogP contribution in [0.4, 0.5) is 0 Å². The quantitative estimate of drug-likeness (QED) is 0.682. The van der Waals surface area contributed by atoms with Crippen molar-refractivity contribution in [3.05, 3.63) is 4.77 Å². The molecule has 0 aliphatic carbocycles. The fourth-order valence-electron chi connectivity index (χ4n) is 0.844. The van der Waals surface area contributed by atoms with Crippen LogP contribution in [0.15, 0.2) is 0 Å². The lowest BCUT2D eigenvalue weighted by molar-refractivity contribution is 0.239. The molecule has 1 atom stereocenters. The van der Waals surface area contributed by atoms with Crippen LogP contribution in [-0.4, -0.2) is 20.2 Å². The van der Waals surface area contributed by atoms with Crippen LogP contribution in [0, 0.1) is 10.2 Å². The Bertz CT molecular complexity index is 306. The van der Waals surface area contributed by atoms with E-state index in [1.54, 1.807) is 4.68 Å². The highest BCUT2D eigenvalue weighted by Crippen LogP contribution is 2.28. The number of hydrogen-bond donors (Lipinski definition) is 1. The number of aromatic nitrogens is 4. The lowest BCUT2D eigenvalue weighted by Gasteiger charge is -2.26.